The van der Waals surface area contributed by atoms with E-state index >= 15 is 0 Å². The number of carbonyl (C=O) groups excluding carboxylic acids is 1. The van der Waals surface area contributed by atoms with Gasteiger partial charge in [0, 0.05) is 26.2 Å². The molecule has 0 spiro atoms. The molecule has 2 N–H and O–H groups in total. The van der Waals surface area contributed by atoms with Gasteiger partial charge in [-0.2, -0.15) is 0 Å². The van der Waals surface area contributed by atoms with Gasteiger partial charge in [-0.05, 0) is 26.0 Å². The fraction of sp³-hybridized carbons (Fsp3) is 0.400. The lowest BCUT2D eigenvalue weighted by Crippen LogP contribution is -2.43. The number of nitrogens with zero attached hydrogens (tertiary/aromatic N) is 3. The first-order valence-corrected chi connectivity index (χ1v) is 7.31. The average molecular weight is 338 g/mol. The lowest BCUT2D eigenvalue weighted by Gasteiger charge is -2.29. The summed E-state index contributed by atoms with van der Waals surface area (Å²) in [6, 6.07) is 3.79. The van der Waals surface area contributed by atoms with Crippen molar-refractivity contribution in [2.45, 2.75) is 13.8 Å². The van der Waals surface area contributed by atoms with E-state index in [-0.39, 0.29) is 18.3 Å². The van der Waals surface area contributed by atoms with Crippen molar-refractivity contribution in [2.75, 3.05) is 36.4 Å². The van der Waals surface area contributed by atoms with Crippen LogP contribution in [0.1, 0.15) is 21.8 Å². The number of aryl methyl sites for hydroxylation is 2. The summed E-state index contributed by atoms with van der Waals surface area (Å²) in [5.74, 6) is 0.773. The van der Waals surface area contributed by atoms with E-state index in [0.717, 1.165) is 31.9 Å². The second kappa shape index (κ2) is 7.43. The number of pyridine rings is 1. The van der Waals surface area contributed by atoms with E-state index < -0.39 is 0 Å². The zero-order valence-electron chi connectivity index (χ0n) is 13.1. The summed E-state index contributed by atoms with van der Waals surface area (Å²) in [6.45, 7) is 7.34. The Morgan fingerprint density at radius 2 is 2.04 bits per heavy atom. The normalized spacial score (nSPS) is 14.3. The SMILES string of the molecule is Cc1noc(C)c1C(=O)Nc1ccc(N2CCNCC2)cn1.Cl. The molecule has 3 heterocycles. The number of hydrogen-bond acceptors (Lipinski definition) is 6. The molecule has 2 aromatic rings. The molecule has 8 heteroatoms. The average Bonchev–Trinajstić information content (AvgIpc) is 2.88. The Morgan fingerprint density at radius 1 is 1.30 bits per heavy atom. The molecule has 1 aliphatic heterocycles. The molecule has 0 bridgehead atoms. The highest BCUT2D eigenvalue weighted by molar-refractivity contribution is 6.05. The Morgan fingerprint density at radius 3 is 2.61 bits per heavy atom. The van der Waals surface area contributed by atoms with E-state index in [0.29, 0.717) is 22.8 Å². The zero-order chi connectivity index (χ0) is 15.5. The Hall–Kier alpha value is -2.12. The van der Waals surface area contributed by atoms with Crippen LogP contribution in [0.3, 0.4) is 0 Å². The van der Waals surface area contributed by atoms with Gasteiger partial charge in [0.25, 0.3) is 5.91 Å². The number of hydrogen-bond donors (Lipinski definition) is 2. The fourth-order valence-electron chi connectivity index (χ4n) is 2.56. The lowest BCUT2D eigenvalue weighted by atomic mass is 10.2. The molecule has 0 radical (unpaired) electrons. The fourth-order valence-corrected chi connectivity index (χ4v) is 2.56. The van der Waals surface area contributed by atoms with Gasteiger partial charge in [-0.3, -0.25) is 4.79 Å². The third-order valence-electron chi connectivity index (χ3n) is 3.73. The molecule has 23 heavy (non-hydrogen) atoms. The molecule has 0 unspecified atom stereocenters. The number of piperazine rings is 1. The first-order valence-electron chi connectivity index (χ1n) is 7.31. The summed E-state index contributed by atoms with van der Waals surface area (Å²) in [7, 11) is 0. The highest BCUT2D eigenvalue weighted by Gasteiger charge is 2.18. The molecular formula is C15H20ClN5O2. The molecule has 0 aromatic carbocycles. The molecule has 3 rings (SSSR count). The summed E-state index contributed by atoms with van der Waals surface area (Å²) in [4.78, 5) is 18.8. The van der Waals surface area contributed by atoms with Crippen molar-refractivity contribution in [1.29, 1.82) is 0 Å². The van der Waals surface area contributed by atoms with Crippen molar-refractivity contribution in [2.24, 2.45) is 0 Å². The summed E-state index contributed by atoms with van der Waals surface area (Å²) >= 11 is 0. The van der Waals surface area contributed by atoms with Crippen LogP contribution in [0.2, 0.25) is 0 Å². The van der Waals surface area contributed by atoms with E-state index in [1.54, 1.807) is 20.0 Å². The van der Waals surface area contributed by atoms with E-state index in [1.807, 2.05) is 12.1 Å². The van der Waals surface area contributed by atoms with Crippen LogP contribution >= 0.6 is 12.4 Å². The Labute approximate surface area is 140 Å². The van der Waals surface area contributed by atoms with Crippen molar-refractivity contribution in [3.8, 4) is 0 Å². The topological polar surface area (TPSA) is 83.3 Å². The van der Waals surface area contributed by atoms with Crippen molar-refractivity contribution < 1.29 is 9.32 Å². The molecule has 0 atom stereocenters. The number of aromatic nitrogens is 2. The van der Waals surface area contributed by atoms with Crippen LogP contribution in [0.5, 0.6) is 0 Å². The van der Waals surface area contributed by atoms with E-state index in [2.05, 4.69) is 25.7 Å². The number of anilines is 2. The lowest BCUT2D eigenvalue weighted by molar-refractivity contribution is 0.102. The van der Waals surface area contributed by atoms with Crippen LogP contribution in [0, 0.1) is 13.8 Å². The van der Waals surface area contributed by atoms with Gasteiger partial charge in [-0.25, -0.2) is 4.98 Å². The van der Waals surface area contributed by atoms with Crippen LogP contribution in [-0.2, 0) is 0 Å². The monoisotopic (exact) mass is 337 g/mol. The molecule has 1 aliphatic rings. The van der Waals surface area contributed by atoms with Gasteiger partial charge in [-0.15, -0.1) is 12.4 Å². The van der Waals surface area contributed by atoms with Crippen molar-refractivity contribution in [3.05, 3.63) is 35.3 Å². The maximum Gasteiger partial charge on any atom is 0.262 e. The van der Waals surface area contributed by atoms with E-state index in [9.17, 15) is 4.79 Å². The van der Waals surface area contributed by atoms with Gasteiger partial charge >= 0.3 is 0 Å². The smallest absolute Gasteiger partial charge is 0.262 e. The highest BCUT2D eigenvalue weighted by Crippen LogP contribution is 2.18. The molecule has 7 nitrogen and oxygen atoms in total. The van der Waals surface area contributed by atoms with E-state index in [1.165, 1.54) is 0 Å². The molecule has 1 amide bonds. The maximum absolute atomic E-state index is 12.2. The van der Waals surface area contributed by atoms with Crippen molar-refractivity contribution in [1.82, 2.24) is 15.5 Å². The van der Waals surface area contributed by atoms with Crippen LogP contribution in [0.4, 0.5) is 11.5 Å². The molecular weight excluding hydrogens is 318 g/mol. The minimum atomic E-state index is -0.251. The molecule has 1 saturated heterocycles. The second-order valence-corrected chi connectivity index (χ2v) is 5.29. The number of amides is 1. The van der Waals surface area contributed by atoms with Gasteiger partial charge in [0.2, 0.25) is 0 Å². The molecule has 1 fully saturated rings. The van der Waals surface area contributed by atoms with Crippen molar-refractivity contribution in [3.63, 3.8) is 0 Å². The Kier molecular flexibility index (Phi) is 5.57. The molecule has 2 aromatic heterocycles. The largest absolute Gasteiger partial charge is 0.368 e. The summed E-state index contributed by atoms with van der Waals surface area (Å²) < 4.78 is 5.01. The van der Waals surface area contributed by atoms with Gasteiger partial charge in [0.05, 0.1) is 17.6 Å². The standard InChI is InChI=1S/C15H19N5O2.ClH/c1-10-14(11(2)22-19-10)15(21)18-13-4-3-12(9-17-13)20-7-5-16-6-8-20;/h3-4,9,16H,5-8H2,1-2H3,(H,17,18,21);1H. The highest BCUT2D eigenvalue weighted by atomic mass is 35.5. The predicted molar refractivity (Wildman–Crippen MR) is 90.5 cm³/mol. The first kappa shape index (κ1) is 17.2. The second-order valence-electron chi connectivity index (χ2n) is 5.29. The quantitative estimate of drug-likeness (QED) is 0.888. The minimum absolute atomic E-state index is 0. The molecule has 124 valence electrons. The Bertz CT molecular complexity index is 646. The number of halogens is 1. The minimum Gasteiger partial charge on any atom is -0.368 e. The summed E-state index contributed by atoms with van der Waals surface area (Å²) in [6.07, 6.45) is 1.79. The maximum atomic E-state index is 12.2. The number of rotatable bonds is 3. The molecule has 0 saturated carbocycles. The Balaban J connectivity index is 0.00000192. The molecule has 0 aliphatic carbocycles. The third-order valence-corrected chi connectivity index (χ3v) is 3.73. The summed E-state index contributed by atoms with van der Waals surface area (Å²) in [5, 5.41) is 9.87. The van der Waals surface area contributed by atoms with Gasteiger partial charge in [0.1, 0.15) is 17.1 Å². The van der Waals surface area contributed by atoms with Gasteiger partial charge < -0.3 is 20.1 Å². The van der Waals surface area contributed by atoms with Gasteiger partial charge in [-0.1, -0.05) is 5.16 Å². The van der Waals surface area contributed by atoms with Crippen molar-refractivity contribution >= 4 is 29.8 Å². The summed E-state index contributed by atoms with van der Waals surface area (Å²) in [5.41, 5.74) is 2.11. The van der Waals surface area contributed by atoms with Crippen LogP contribution in [-0.4, -0.2) is 42.2 Å². The van der Waals surface area contributed by atoms with Crippen LogP contribution < -0.4 is 15.5 Å². The third kappa shape index (κ3) is 3.80. The van der Waals surface area contributed by atoms with Crippen LogP contribution in [0.15, 0.2) is 22.9 Å². The van der Waals surface area contributed by atoms with E-state index in [4.69, 9.17) is 4.52 Å². The predicted octanol–water partition coefficient (Wildman–Crippen LogP) is 1.77. The number of carbonyl (C=O) groups is 1. The first-order chi connectivity index (χ1) is 10.6. The van der Waals surface area contributed by atoms with Gasteiger partial charge in [0.15, 0.2) is 0 Å². The van der Waals surface area contributed by atoms with Crippen LogP contribution in [0.25, 0.3) is 0 Å². The number of nitrogens with one attached hydrogen (secondary N) is 2. The zero-order valence-corrected chi connectivity index (χ0v) is 13.9.